The lowest BCUT2D eigenvalue weighted by atomic mass is 10.1. The van der Waals surface area contributed by atoms with Gasteiger partial charge in [-0.1, -0.05) is 22.0 Å². The number of carbonyl (C=O) groups excluding carboxylic acids is 1. The average molecular weight is 340 g/mol. The number of alkyl halides is 2. The highest BCUT2D eigenvalue weighted by molar-refractivity contribution is 9.10. The van der Waals surface area contributed by atoms with Crippen molar-refractivity contribution in [1.29, 1.82) is 0 Å². The van der Waals surface area contributed by atoms with Crippen LogP contribution in [0.4, 0.5) is 4.39 Å². The van der Waals surface area contributed by atoms with Crippen molar-refractivity contribution in [3.8, 4) is 5.75 Å². The molecule has 0 radical (unpaired) electrons. The highest BCUT2D eigenvalue weighted by Gasteiger charge is 2.12. The van der Waals surface area contributed by atoms with E-state index in [1.807, 2.05) is 0 Å². The van der Waals surface area contributed by atoms with Crippen LogP contribution in [0.25, 0.3) is 0 Å². The van der Waals surface area contributed by atoms with Crippen LogP contribution in [0.15, 0.2) is 22.7 Å². The van der Waals surface area contributed by atoms with Crippen molar-refractivity contribution in [2.75, 3.05) is 12.2 Å². The second-order valence-corrected chi connectivity index (χ2v) is 4.32. The molecular weight excluding hydrogens is 331 g/mol. The lowest BCUT2D eigenvalue weighted by molar-refractivity contribution is 0.0988. The van der Waals surface area contributed by atoms with E-state index in [-0.39, 0.29) is 5.78 Å². The molecule has 0 amide bonds. The van der Waals surface area contributed by atoms with Gasteiger partial charge in [0, 0.05) is 17.3 Å². The van der Waals surface area contributed by atoms with Crippen molar-refractivity contribution in [1.82, 2.24) is 0 Å². The predicted octanol–water partition coefficient (Wildman–Crippen LogP) is 3.72. The van der Waals surface area contributed by atoms with Crippen molar-refractivity contribution in [2.24, 2.45) is 0 Å². The lowest BCUT2D eigenvalue weighted by Crippen LogP contribution is -2.02. The highest BCUT2D eigenvalue weighted by atomic mass is 79.9. The molecule has 0 spiro atoms. The Balaban J connectivity index is 2.98. The van der Waals surface area contributed by atoms with Crippen LogP contribution >= 0.6 is 31.9 Å². The molecule has 1 aromatic rings. The molecule has 15 heavy (non-hydrogen) atoms. The van der Waals surface area contributed by atoms with Crippen molar-refractivity contribution in [3.05, 3.63) is 28.2 Å². The normalized spacial score (nSPS) is 10.1. The molecule has 0 fully saturated rings. The molecule has 0 aliphatic heterocycles. The molecule has 82 valence electrons. The number of ether oxygens (including phenoxy) is 1. The minimum absolute atomic E-state index is 0.0111. The Bertz CT molecular complexity index is 355. The first-order valence-corrected chi connectivity index (χ1v) is 6.18. The predicted molar refractivity (Wildman–Crippen MR) is 63.5 cm³/mol. The first-order valence-electron chi connectivity index (χ1n) is 4.27. The zero-order valence-corrected chi connectivity index (χ0v) is 11.0. The number of ketones is 1. The van der Waals surface area contributed by atoms with Crippen LogP contribution in [-0.4, -0.2) is 18.0 Å². The van der Waals surface area contributed by atoms with Gasteiger partial charge in [0.2, 0.25) is 6.86 Å². The largest absolute Gasteiger partial charge is 0.462 e. The van der Waals surface area contributed by atoms with E-state index in [1.165, 1.54) is 0 Å². The summed E-state index contributed by atoms with van der Waals surface area (Å²) in [5.41, 5.74) is 0.514. The van der Waals surface area contributed by atoms with E-state index < -0.39 is 6.86 Å². The topological polar surface area (TPSA) is 26.3 Å². The number of halogens is 3. The summed E-state index contributed by atoms with van der Waals surface area (Å²) in [6.07, 6.45) is 0.400. The Kier molecular flexibility index (Phi) is 5.25. The second kappa shape index (κ2) is 6.23. The molecule has 0 heterocycles. The fourth-order valence-corrected chi connectivity index (χ4v) is 2.08. The average Bonchev–Trinajstić information content (AvgIpc) is 2.22. The number of rotatable bonds is 5. The van der Waals surface area contributed by atoms with Crippen LogP contribution < -0.4 is 4.74 Å². The summed E-state index contributed by atoms with van der Waals surface area (Å²) in [6, 6.07) is 4.95. The molecule has 0 N–H and O–H groups in total. The van der Waals surface area contributed by atoms with E-state index in [2.05, 4.69) is 31.9 Å². The quantitative estimate of drug-likeness (QED) is 0.603. The number of benzene rings is 1. The minimum atomic E-state index is -0.908. The Morgan fingerprint density at radius 1 is 1.47 bits per heavy atom. The summed E-state index contributed by atoms with van der Waals surface area (Å²) < 4.78 is 17.2. The molecule has 0 aliphatic carbocycles. The summed E-state index contributed by atoms with van der Waals surface area (Å²) in [7, 11) is 0. The van der Waals surface area contributed by atoms with E-state index in [1.54, 1.807) is 18.2 Å². The summed E-state index contributed by atoms with van der Waals surface area (Å²) in [5.74, 6) is 0.334. The van der Waals surface area contributed by atoms with Gasteiger partial charge in [-0.25, -0.2) is 4.39 Å². The van der Waals surface area contributed by atoms with Crippen molar-refractivity contribution >= 4 is 37.6 Å². The fraction of sp³-hybridized carbons (Fsp3) is 0.300. The molecular formula is C10H9Br2FO2. The second-order valence-electron chi connectivity index (χ2n) is 2.73. The zero-order chi connectivity index (χ0) is 11.3. The van der Waals surface area contributed by atoms with Crippen LogP contribution in [0, 0.1) is 0 Å². The number of hydrogen-bond donors (Lipinski definition) is 0. The van der Waals surface area contributed by atoms with Gasteiger partial charge in [0.05, 0.1) is 4.47 Å². The summed E-state index contributed by atoms with van der Waals surface area (Å²) in [5, 5.41) is 0.604. The third-order valence-electron chi connectivity index (χ3n) is 1.80. The van der Waals surface area contributed by atoms with E-state index in [9.17, 15) is 9.18 Å². The van der Waals surface area contributed by atoms with Gasteiger partial charge in [0.1, 0.15) is 5.75 Å². The standard InChI is InChI=1S/C10H9Br2FO2/c11-5-4-8(14)7-2-1-3-9(10(7)12)15-6-13/h1-3H,4-6H2. The van der Waals surface area contributed by atoms with E-state index in [0.717, 1.165) is 0 Å². The maximum atomic E-state index is 12.0. The van der Waals surface area contributed by atoms with Crippen LogP contribution in [-0.2, 0) is 0 Å². The van der Waals surface area contributed by atoms with Crippen LogP contribution in [0.2, 0.25) is 0 Å². The van der Waals surface area contributed by atoms with Gasteiger partial charge in [-0.15, -0.1) is 0 Å². The molecule has 0 unspecified atom stereocenters. The number of Topliss-reactive ketones (excluding diaryl/α,β-unsaturated/α-hetero) is 1. The molecule has 0 saturated carbocycles. The minimum Gasteiger partial charge on any atom is -0.462 e. The summed E-state index contributed by atoms with van der Waals surface area (Å²) in [6.45, 7) is -0.908. The van der Waals surface area contributed by atoms with E-state index >= 15 is 0 Å². The molecule has 0 aromatic heterocycles. The van der Waals surface area contributed by atoms with Gasteiger partial charge in [-0.3, -0.25) is 4.79 Å². The highest BCUT2D eigenvalue weighted by Crippen LogP contribution is 2.29. The van der Waals surface area contributed by atoms with Gasteiger partial charge in [0.25, 0.3) is 0 Å². The maximum Gasteiger partial charge on any atom is 0.228 e. The SMILES string of the molecule is O=C(CCBr)c1cccc(OCF)c1Br. The Labute approximate surface area is 104 Å². The third kappa shape index (κ3) is 3.28. The van der Waals surface area contributed by atoms with Crippen LogP contribution in [0.1, 0.15) is 16.8 Å². The molecule has 1 rings (SSSR count). The van der Waals surface area contributed by atoms with Gasteiger partial charge >= 0.3 is 0 Å². The molecule has 0 bridgehead atoms. The lowest BCUT2D eigenvalue weighted by Gasteiger charge is -2.07. The van der Waals surface area contributed by atoms with Crippen molar-refractivity contribution in [3.63, 3.8) is 0 Å². The van der Waals surface area contributed by atoms with Gasteiger partial charge in [0.15, 0.2) is 5.78 Å². The molecule has 0 aliphatic rings. The van der Waals surface area contributed by atoms with Crippen molar-refractivity contribution in [2.45, 2.75) is 6.42 Å². The third-order valence-corrected chi connectivity index (χ3v) is 3.01. The summed E-state index contributed by atoms with van der Waals surface area (Å²) in [4.78, 5) is 11.6. The van der Waals surface area contributed by atoms with Crippen LogP contribution in [0.5, 0.6) is 5.75 Å². The number of hydrogen-bond acceptors (Lipinski definition) is 2. The first kappa shape index (κ1) is 12.6. The van der Waals surface area contributed by atoms with Crippen LogP contribution in [0.3, 0.4) is 0 Å². The molecule has 1 aromatic carbocycles. The van der Waals surface area contributed by atoms with Gasteiger partial charge in [-0.05, 0) is 28.1 Å². The van der Waals surface area contributed by atoms with Gasteiger partial charge < -0.3 is 4.74 Å². The fourth-order valence-electron chi connectivity index (χ4n) is 1.12. The Hall–Kier alpha value is -0.420. The Morgan fingerprint density at radius 3 is 2.80 bits per heavy atom. The molecule has 5 heteroatoms. The summed E-state index contributed by atoms with van der Waals surface area (Å²) >= 11 is 6.42. The monoisotopic (exact) mass is 338 g/mol. The number of carbonyl (C=O) groups is 1. The van der Waals surface area contributed by atoms with Crippen molar-refractivity contribution < 1.29 is 13.9 Å². The van der Waals surface area contributed by atoms with E-state index in [0.29, 0.717) is 27.5 Å². The maximum absolute atomic E-state index is 12.0. The molecule has 0 atom stereocenters. The molecule has 0 saturated heterocycles. The van der Waals surface area contributed by atoms with E-state index in [4.69, 9.17) is 4.74 Å². The Morgan fingerprint density at radius 2 is 2.20 bits per heavy atom. The first-order chi connectivity index (χ1) is 7.20. The van der Waals surface area contributed by atoms with Gasteiger partial charge in [-0.2, -0.15) is 0 Å². The molecule has 2 nitrogen and oxygen atoms in total. The smallest absolute Gasteiger partial charge is 0.228 e. The zero-order valence-electron chi connectivity index (χ0n) is 7.80.